The van der Waals surface area contributed by atoms with Crippen molar-refractivity contribution < 1.29 is 9.53 Å². The molecule has 0 fully saturated rings. The van der Waals surface area contributed by atoms with Crippen LogP contribution in [0.25, 0.3) is 0 Å². The van der Waals surface area contributed by atoms with Gasteiger partial charge in [0.2, 0.25) is 0 Å². The highest BCUT2D eigenvalue weighted by molar-refractivity contribution is 6.18. The molecule has 0 bridgehead atoms. The Balaban J connectivity index is 2.61. The van der Waals surface area contributed by atoms with Gasteiger partial charge in [0.15, 0.2) is 0 Å². The van der Waals surface area contributed by atoms with Crippen LogP contribution in [0.4, 0.5) is 0 Å². The predicted molar refractivity (Wildman–Crippen MR) is 70.2 cm³/mol. The largest absolute Gasteiger partial charge is 0.458 e. The summed E-state index contributed by atoms with van der Waals surface area (Å²) in [6, 6.07) is 9.56. The number of carbonyl (C=O) groups excluding carboxylic acids is 1. The molecule has 0 spiro atoms. The zero-order valence-electron chi connectivity index (χ0n) is 10.6. The van der Waals surface area contributed by atoms with E-state index in [1.54, 1.807) is 0 Å². The third-order valence-electron chi connectivity index (χ3n) is 3.02. The van der Waals surface area contributed by atoms with Gasteiger partial charge in [-0.25, -0.2) is 0 Å². The Morgan fingerprint density at radius 2 is 1.94 bits per heavy atom. The third-order valence-corrected chi connectivity index (χ3v) is 3.56. The van der Waals surface area contributed by atoms with E-state index < -0.39 is 5.60 Å². The van der Waals surface area contributed by atoms with E-state index in [-0.39, 0.29) is 11.9 Å². The Kier molecular flexibility index (Phi) is 5.01. The fourth-order valence-corrected chi connectivity index (χ4v) is 1.72. The van der Waals surface area contributed by atoms with Crippen LogP contribution in [0.15, 0.2) is 30.3 Å². The van der Waals surface area contributed by atoms with Crippen LogP contribution in [-0.4, -0.2) is 17.5 Å². The molecular weight excluding hydrogens is 236 g/mol. The van der Waals surface area contributed by atoms with E-state index in [9.17, 15) is 4.79 Å². The summed E-state index contributed by atoms with van der Waals surface area (Å²) in [5, 5.41) is 0. The number of carbonyl (C=O) groups is 1. The van der Waals surface area contributed by atoms with E-state index in [1.165, 1.54) is 0 Å². The number of rotatable bonds is 5. The van der Waals surface area contributed by atoms with Crippen LogP contribution in [0.1, 0.15) is 26.3 Å². The van der Waals surface area contributed by atoms with Gasteiger partial charge in [0.05, 0.1) is 12.3 Å². The van der Waals surface area contributed by atoms with E-state index in [0.717, 1.165) is 5.56 Å². The van der Waals surface area contributed by atoms with Gasteiger partial charge in [-0.05, 0) is 18.4 Å². The van der Waals surface area contributed by atoms with Crippen molar-refractivity contribution in [2.45, 2.75) is 32.8 Å². The lowest BCUT2D eigenvalue weighted by atomic mass is 9.94. The average Bonchev–Trinajstić information content (AvgIpc) is 2.29. The van der Waals surface area contributed by atoms with Gasteiger partial charge in [0.1, 0.15) is 5.60 Å². The SMILES string of the molecule is CC(C)C(C)(CCl)OC(=O)Cc1ccccc1. The van der Waals surface area contributed by atoms with Gasteiger partial charge < -0.3 is 4.74 Å². The van der Waals surface area contributed by atoms with Crippen LogP contribution in [0.3, 0.4) is 0 Å². The summed E-state index contributed by atoms with van der Waals surface area (Å²) in [6.07, 6.45) is 0.292. The summed E-state index contributed by atoms with van der Waals surface area (Å²) in [5.41, 5.74) is 0.367. The van der Waals surface area contributed by atoms with Crippen LogP contribution >= 0.6 is 11.6 Å². The Hall–Kier alpha value is -1.02. The third kappa shape index (κ3) is 4.04. The molecule has 0 amide bonds. The predicted octanol–water partition coefficient (Wildman–Crippen LogP) is 3.43. The molecule has 1 aromatic carbocycles. The van der Waals surface area contributed by atoms with E-state index in [4.69, 9.17) is 16.3 Å². The highest BCUT2D eigenvalue weighted by atomic mass is 35.5. The highest BCUT2D eigenvalue weighted by Gasteiger charge is 2.31. The Morgan fingerprint density at radius 1 is 1.35 bits per heavy atom. The molecule has 0 aromatic heterocycles. The normalized spacial score (nSPS) is 14.4. The highest BCUT2D eigenvalue weighted by Crippen LogP contribution is 2.23. The first-order chi connectivity index (χ1) is 7.98. The monoisotopic (exact) mass is 254 g/mol. The first-order valence-electron chi connectivity index (χ1n) is 5.79. The van der Waals surface area contributed by atoms with Crippen molar-refractivity contribution in [1.29, 1.82) is 0 Å². The van der Waals surface area contributed by atoms with Gasteiger partial charge in [0, 0.05) is 0 Å². The molecule has 1 unspecified atom stereocenters. The minimum atomic E-state index is -0.590. The minimum Gasteiger partial charge on any atom is -0.458 e. The number of benzene rings is 1. The molecule has 1 rings (SSSR count). The van der Waals surface area contributed by atoms with Crippen molar-refractivity contribution >= 4 is 17.6 Å². The number of hydrogen-bond donors (Lipinski definition) is 0. The van der Waals surface area contributed by atoms with E-state index >= 15 is 0 Å². The van der Waals surface area contributed by atoms with E-state index in [0.29, 0.717) is 12.3 Å². The first kappa shape index (κ1) is 14.0. The van der Waals surface area contributed by atoms with Crippen molar-refractivity contribution in [3.05, 3.63) is 35.9 Å². The molecule has 3 heteroatoms. The number of esters is 1. The Bertz CT molecular complexity index is 362. The van der Waals surface area contributed by atoms with Crippen LogP contribution in [0.5, 0.6) is 0 Å². The lowest BCUT2D eigenvalue weighted by molar-refractivity contribution is -0.159. The lowest BCUT2D eigenvalue weighted by Crippen LogP contribution is -2.39. The standard InChI is InChI=1S/C14H19ClO2/c1-11(2)14(3,10-15)17-13(16)9-12-7-5-4-6-8-12/h4-8,11H,9-10H2,1-3H3. The summed E-state index contributed by atoms with van der Waals surface area (Å²) in [6.45, 7) is 5.86. The van der Waals surface area contributed by atoms with Gasteiger partial charge >= 0.3 is 5.97 Å². The molecule has 0 aliphatic carbocycles. The molecular formula is C14H19ClO2. The van der Waals surface area contributed by atoms with Gasteiger partial charge in [-0.2, -0.15) is 0 Å². The lowest BCUT2D eigenvalue weighted by Gasteiger charge is -2.31. The fraction of sp³-hybridized carbons (Fsp3) is 0.500. The van der Waals surface area contributed by atoms with Crippen LogP contribution < -0.4 is 0 Å². The van der Waals surface area contributed by atoms with Crippen LogP contribution in [0, 0.1) is 5.92 Å². The average molecular weight is 255 g/mol. The summed E-state index contributed by atoms with van der Waals surface area (Å²) < 4.78 is 5.48. The zero-order chi connectivity index (χ0) is 12.9. The van der Waals surface area contributed by atoms with Gasteiger partial charge in [-0.1, -0.05) is 44.2 Å². The summed E-state index contributed by atoms with van der Waals surface area (Å²) >= 11 is 5.87. The minimum absolute atomic E-state index is 0.194. The Labute approximate surface area is 108 Å². The quantitative estimate of drug-likeness (QED) is 0.595. The molecule has 1 atom stereocenters. The van der Waals surface area contributed by atoms with Crippen LogP contribution in [-0.2, 0) is 16.0 Å². The molecule has 0 heterocycles. The molecule has 17 heavy (non-hydrogen) atoms. The van der Waals surface area contributed by atoms with Crippen molar-refractivity contribution in [3.63, 3.8) is 0 Å². The van der Waals surface area contributed by atoms with Crippen molar-refractivity contribution in [2.75, 3.05) is 5.88 Å². The molecule has 1 aromatic rings. The molecule has 2 nitrogen and oxygen atoms in total. The second kappa shape index (κ2) is 6.06. The molecule has 0 aliphatic rings. The van der Waals surface area contributed by atoms with Crippen molar-refractivity contribution in [2.24, 2.45) is 5.92 Å². The summed E-state index contributed by atoms with van der Waals surface area (Å²) in [7, 11) is 0. The Morgan fingerprint density at radius 3 is 2.41 bits per heavy atom. The topological polar surface area (TPSA) is 26.3 Å². The first-order valence-corrected chi connectivity index (χ1v) is 6.33. The molecule has 0 N–H and O–H groups in total. The zero-order valence-corrected chi connectivity index (χ0v) is 11.3. The summed E-state index contributed by atoms with van der Waals surface area (Å²) in [4.78, 5) is 11.8. The smallest absolute Gasteiger partial charge is 0.310 e. The van der Waals surface area contributed by atoms with Crippen LogP contribution in [0.2, 0.25) is 0 Å². The maximum atomic E-state index is 11.8. The molecule has 0 saturated heterocycles. The molecule has 0 aliphatic heterocycles. The van der Waals surface area contributed by atoms with Gasteiger partial charge in [-0.3, -0.25) is 4.79 Å². The maximum Gasteiger partial charge on any atom is 0.310 e. The van der Waals surface area contributed by atoms with Gasteiger partial charge in [0.25, 0.3) is 0 Å². The van der Waals surface area contributed by atoms with Crippen molar-refractivity contribution in [3.8, 4) is 0 Å². The summed E-state index contributed by atoms with van der Waals surface area (Å²) in [5.74, 6) is 0.276. The van der Waals surface area contributed by atoms with Gasteiger partial charge in [-0.15, -0.1) is 11.6 Å². The second-order valence-corrected chi connectivity index (χ2v) is 5.00. The number of halogens is 1. The number of hydrogen-bond acceptors (Lipinski definition) is 2. The molecule has 0 radical (unpaired) electrons. The molecule has 94 valence electrons. The number of ether oxygens (including phenoxy) is 1. The molecule has 0 saturated carbocycles. The number of alkyl halides is 1. The van der Waals surface area contributed by atoms with E-state index in [2.05, 4.69) is 0 Å². The van der Waals surface area contributed by atoms with E-state index in [1.807, 2.05) is 51.1 Å². The van der Waals surface area contributed by atoms with Crippen molar-refractivity contribution in [1.82, 2.24) is 0 Å². The maximum absolute atomic E-state index is 11.8. The fourth-order valence-electron chi connectivity index (χ4n) is 1.36. The second-order valence-electron chi connectivity index (χ2n) is 4.74.